The van der Waals surface area contributed by atoms with Crippen LogP contribution in [-0.2, 0) is 19.9 Å². The second kappa shape index (κ2) is 10.7. The summed E-state index contributed by atoms with van der Waals surface area (Å²) >= 11 is 0. The Labute approximate surface area is 215 Å². The number of nitrogens with one attached hydrogen (secondary N) is 1. The molecule has 0 aliphatic carbocycles. The van der Waals surface area contributed by atoms with Crippen molar-refractivity contribution in [2.45, 2.75) is 58.2 Å². The SMILES string of the molecule is CC(C)(C)CC(=O)NCCC[N+]12CCC(CC1)C(OC(=O)C(O)(c1ccccc1)c1ccccc1)C2. The zero-order valence-corrected chi connectivity index (χ0v) is 21.9. The highest BCUT2D eigenvalue weighted by Crippen LogP contribution is 2.38. The van der Waals surface area contributed by atoms with E-state index in [0.717, 1.165) is 49.9 Å². The minimum atomic E-state index is -1.85. The molecule has 2 bridgehead atoms. The van der Waals surface area contributed by atoms with E-state index in [1.165, 1.54) is 0 Å². The Bertz CT molecular complexity index is 984. The number of piperidine rings is 3. The predicted octanol–water partition coefficient (Wildman–Crippen LogP) is 4.02. The second-order valence-corrected chi connectivity index (χ2v) is 11.9. The zero-order valence-electron chi connectivity index (χ0n) is 21.9. The quantitative estimate of drug-likeness (QED) is 0.314. The molecule has 3 fully saturated rings. The summed E-state index contributed by atoms with van der Waals surface area (Å²) in [5.74, 6) is -0.171. The smallest absolute Gasteiger partial charge is 0.348 e. The number of esters is 1. The highest BCUT2D eigenvalue weighted by atomic mass is 16.6. The van der Waals surface area contributed by atoms with E-state index in [9.17, 15) is 14.7 Å². The van der Waals surface area contributed by atoms with Crippen molar-refractivity contribution in [1.29, 1.82) is 0 Å². The van der Waals surface area contributed by atoms with Crippen molar-refractivity contribution in [2.24, 2.45) is 11.3 Å². The van der Waals surface area contributed by atoms with Crippen molar-refractivity contribution in [3.63, 3.8) is 0 Å². The predicted molar refractivity (Wildman–Crippen MR) is 140 cm³/mol. The molecule has 2 aromatic rings. The highest BCUT2D eigenvalue weighted by molar-refractivity contribution is 5.85. The number of hydrogen-bond acceptors (Lipinski definition) is 4. The molecule has 3 saturated heterocycles. The maximum absolute atomic E-state index is 13.6. The van der Waals surface area contributed by atoms with Crippen molar-refractivity contribution in [3.8, 4) is 0 Å². The number of aliphatic hydroxyl groups is 1. The van der Waals surface area contributed by atoms with E-state index in [1.807, 2.05) is 36.4 Å². The third-order valence-electron chi connectivity index (χ3n) is 7.80. The van der Waals surface area contributed by atoms with Crippen LogP contribution in [0.1, 0.15) is 57.6 Å². The lowest BCUT2D eigenvalue weighted by molar-refractivity contribution is -0.946. The van der Waals surface area contributed by atoms with Gasteiger partial charge in [-0.2, -0.15) is 0 Å². The van der Waals surface area contributed by atoms with Gasteiger partial charge < -0.3 is 19.6 Å². The molecule has 3 heterocycles. The normalized spacial score (nSPS) is 23.8. The van der Waals surface area contributed by atoms with Crippen LogP contribution in [0.2, 0.25) is 0 Å². The summed E-state index contributed by atoms with van der Waals surface area (Å²) in [5.41, 5.74) is -0.842. The van der Waals surface area contributed by atoms with Crippen LogP contribution in [-0.4, -0.2) is 60.3 Å². The monoisotopic (exact) mass is 493 g/mol. The van der Waals surface area contributed by atoms with E-state index in [2.05, 4.69) is 26.1 Å². The molecule has 6 heteroatoms. The fraction of sp³-hybridized carbons (Fsp3) is 0.533. The number of hydrogen-bond donors (Lipinski definition) is 2. The van der Waals surface area contributed by atoms with Crippen LogP contribution in [0.5, 0.6) is 0 Å². The Morgan fingerprint density at radius 3 is 2.06 bits per heavy atom. The van der Waals surface area contributed by atoms with Crippen molar-refractivity contribution >= 4 is 11.9 Å². The van der Waals surface area contributed by atoms with E-state index in [4.69, 9.17) is 4.74 Å². The molecule has 1 unspecified atom stereocenters. The molecule has 6 nitrogen and oxygen atoms in total. The van der Waals surface area contributed by atoms with Gasteiger partial charge in [-0.3, -0.25) is 4.79 Å². The van der Waals surface area contributed by atoms with Gasteiger partial charge in [0.1, 0.15) is 6.54 Å². The molecule has 0 aromatic heterocycles. The molecule has 3 aliphatic rings. The molecule has 3 aliphatic heterocycles. The van der Waals surface area contributed by atoms with Gasteiger partial charge in [-0.1, -0.05) is 81.4 Å². The third kappa shape index (κ3) is 5.98. The Kier molecular flexibility index (Phi) is 7.86. The molecule has 5 rings (SSSR count). The molecule has 1 atom stereocenters. The topological polar surface area (TPSA) is 75.6 Å². The standard InChI is InChI=1S/C30H40N2O4/c1-29(2,3)21-27(33)31-17-10-18-32-19-15-23(16-20-32)26(22-32)36-28(34)30(35,24-11-6-4-7-12-24)25-13-8-5-9-14-25/h4-9,11-14,23,26,35H,10,15-22H2,1-3H3/p+1. The summed E-state index contributed by atoms with van der Waals surface area (Å²) in [5, 5.41) is 14.8. The average Bonchev–Trinajstić information content (AvgIpc) is 2.87. The molecular weight excluding hydrogens is 452 g/mol. The van der Waals surface area contributed by atoms with Crippen LogP contribution in [0.15, 0.2) is 60.7 Å². The van der Waals surface area contributed by atoms with Gasteiger partial charge in [0, 0.05) is 38.1 Å². The number of ether oxygens (including phenoxy) is 1. The third-order valence-corrected chi connectivity index (χ3v) is 7.80. The first-order valence-corrected chi connectivity index (χ1v) is 13.3. The Morgan fingerprint density at radius 1 is 0.972 bits per heavy atom. The molecular formula is C30H41N2O4+. The minimum Gasteiger partial charge on any atom is -0.453 e. The lowest BCUT2D eigenvalue weighted by Gasteiger charge is -2.52. The summed E-state index contributed by atoms with van der Waals surface area (Å²) < 4.78 is 7.06. The number of benzene rings is 2. The molecule has 194 valence electrons. The number of rotatable bonds is 9. The van der Waals surface area contributed by atoms with E-state index >= 15 is 0 Å². The van der Waals surface area contributed by atoms with Gasteiger partial charge in [-0.25, -0.2) is 4.79 Å². The molecule has 2 N–H and O–H groups in total. The lowest BCUT2D eigenvalue weighted by atomic mass is 9.82. The van der Waals surface area contributed by atoms with Crippen LogP contribution in [0.25, 0.3) is 0 Å². The van der Waals surface area contributed by atoms with Crippen molar-refractivity contribution in [3.05, 3.63) is 71.8 Å². The van der Waals surface area contributed by atoms with Gasteiger partial charge >= 0.3 is 5.97 Å². The van der Waals surface area contributed by atoms with Gasteiger partial charge in [0.05, 0.1) is 19.6 Å². The average molecular weight is 494 g/mol. The number of nitrogens with zero attached hydrogens (tertiary/aromatic N) is 1. The maximum Gasteiger partial charge on any atom is 0.348 e. The zero-order chi connectivity index (χ0) is 25.8. The van der Waals surface area contributed by atoms with Gasteiger partial charge in [0.2, 0.25) is 11.5 Å². The van der Waals surface area contributed by atoms with Crippen LogP contribution in [0.4, 0.5) is 0 Å². The van der Waals surface area contributed by atoms with Crippen molar-refractivity contribution in [1.82, 2.24) is 5.32 Å². The fourth-order valence-electron chi connectivity index (χ4n) is 5.84. The molecule has 0 radical (unpaired) electrons. The van der Waals surface area contributed by atoms with E-state index in [-0.39, 0.29) is 17.4 Å². The molecule has 0 spiro atoms. The first-order valence-electron chi connectivity index (χ1n) is 13.3. The fourth-order valence-corrected chi connectivity index (χ4v) is 5.84. The van der Waals surface area contributed by atoms with Gasteiger partial charge in [0.25, 0.3) is 0 Å². The summed E-state index contributed by atoms with van der Waals surface area (Å²) in [7, 11) is 0. The molecule has 1 amide bonds. The number of fused-ring (bicyclic) bond motifs is 3. The Morgan fingerprint density at radius 2 is 1.53 bits per heavy atom. The molecule has 36 heavy (non-hydrogen) atoms. The van der Waals surface area contributed by atoms with Crippen molar-refractivity contribution in [2.75, 3.05) is 32.7 Å². The van der Waals surface area contributed by atoms with Gasteiger partial charge in [-0.15, -0.1) is 0 Å². The molecule has 2 aromatic carbocycles. The molecule has 0 saturated carbocycles. The maximum atomic E-state index is 13.6. The lowest BCUT2D eigenvalue weighted by Crippen LogP contribution is -2.65. The van der Waals surface area contributed by atoms with Crippen LogP contribution in [0, 0.1) is 11.3 Å². The number of amides is 1. The first-order chi connectivity index (χ1) is 17.1. The number of quaternary nitrogens is 1. The minimum absolute atomic E-state index is 0.0148. The van der Waals surface area contributed by atoms with Crippen LogP contribution < -0.4 is 5.32 Å². The Hall–Kier alpha value is -2.70. The summed E-state index contributed by atoms with van der Waals surface area (Å²) in [6, 6.07) is 18.1. The summed E-state index contributed by atoms with van der Waals surface area (Å²) in [4.78, 5) is 25.8. The van der Waals surface area contributed by atoms with Crippen LogP contribution in [0.3, 0.4) is 0 Å². The summed E-state index contributed by atoms with van der Waals surface area (Å²) in [6.07, 6.45) is 3.25. The second-order valence-electron chi connectivity index (χ2n) is 11.9. The number of carbonyl (C=O) groups excluding carboxylic acids is 2. The van der Waals surface area contributed by atoms with Crippen LogP contribution >= 0.6 is 0 Å². The van der Waals surface area contributed by atoms with E-state index < -0.39 is 11.6 Å². The van der Waals surface area contributed by atoms with Crippen molar-refractivity contribution < 1.29 is 23.9 Å². The van der Waals surface area contributed by atoms with Gasteiger partial charge in [-0.05, 0) is 16.5 Å². The van der Waals surface area contributed by atoms with E-state index in [1.54, 1.807) is 24.3 Å². The highest BCUT2D eigenvalue weighted by Gasteiger charge is 2.50. The number of carbonyl (C=O) groups is 2. The van der Waals surface area contributed by atoms with E-state index in [0.29, 0.717) is 30.0 Å². The summed E-state index contributed by atoms with van der Waals surface area (Å²) in [6.45, 7) is 10.8. The first kappa shape index (κ1) is 26.4. The van der Waals surface area contributed by atoms with Gasteiger partial charge in [0.15, 0.2) is 6.10 Å². The Balaban J connectivity index is 1.41. The largest absolute Gasteiger partial charge is 0.453 e.